The van der Waals surface area contributed by atoms with Crippen molar-refractivity contribution in [3.8, 4) is 11.6 Å². The van der Waals surface area contributed by atoms with Crippen LogP contribution in [-0.4, -0.2) is 39.4 Å². The molecule has 0 spiro atoms. The molecule has 8 heteroatoms. The van der Waals surface area contributed by atoms with Crippen molar-refractivity contribution in [3.63, 3.8) is 0 Å². The number of aromatic nitrogens is 2. The number of benzene rings is 2. The molecule has 1 aromatic heterocycles. The Morgan fingerprint density at radius 3 is 2.44 bits per heavy atom. The molecule has 32 heavy (non-hydrogen) atoms. The average Bonchev–Trinajstić information content (AvgIpc) is 2.79. The fraction of sp³-hybridized carbons (Fsp3) is 0.292. The summed E-state index contributed by atoms with van der Waals surface area (Å²) in [5, 5.41) is 13.2. The molecule has 1 amide bonds. The Morgan fingerprint density at radius 2 is 1.81 bits per heavy atom. The SMILES string of the molecule is CCN(CC)c1ccc(NC(=O)CSc2nc(O)c(C)c(=O)n2-c2ccccc2)c(C)c1. The van der Waals surface area contributed by atoms with Crippen LogP contribution in [0.5, 0.6) is 5.88 Å². The van der Waals surface area contributed by atoms with E-state index in [-0.39, 0.29) is 33.8 Å². The lowest BCUT2D eigenvalue weighted by Crippen LogP contribution is -2.24. The van der Waals surface area contributed by atoms with Crippen LogP contribution >= 0.6 is 11.8 Å². The highest BCUT2D eigenvalue weighted by atomic mass is 32.2. The molecule has 0 aliphatic carbocycles. The topological polar surface area (TPSA) is 87.5 Å². The van der Waals surface area contributed by atoms with E-state index in [2.05, 4.69) is 35.1 Å². The first kappa shape index (κ1) is 23.4. The van der Waals surface area contributed by atoms with Crippen molar-refractivity contribution in [1.82, 2.24) is 9.55 Å². The van der Waals surface area contributed by atoms with Gasteiger partial charge in [-0.15, -0.1) is 0 Å². The minimum atomic E-state index is -0.366. The van der Waals surface area contributed by atoms with Gasteiger partial charge in [-0.1, -0.05) is 30.0 Å². The van der Waals surface area contributed by atoms with E-state index in [9.17, 15) is 14.7 Å². The lowest BCUT2D eigenvalue weighted by molar-refractivity contribution is -0.113. The minimum absolute atomic E-state index is 0.0407. The predicted octanol–water partition coefficient (Wildman–Crippen LogP) is 4.13. The molecule has 0 aliphatic heterocycles. The number of para-hydroxylation sites is 1. The van der Waals surface area contributed by atoms with Gasteiger partial charge >= 0.3 is 0 Å². The summed E-state index contributed by atoms with van der Waals surface area (Å²) in [6.45, 7) is 9.53. The molecule has 1 heterocycles. The molecule has 0 fully saturated rings. The molecule has 168 valence electrons. The first-order valence-electron chi connectivity index (χ1n) is 10.5. The van der Waals surface area contributed by atoms with Crippen molar-refractivity contribution >= 4 is 29.0 Å². The largest absolute Gasteiger partial charge is 0.493 e. The summed E-state index contributed by atoms with van der Waals surface area (Å²) in [5.41, 5.74) is 3.25. The van der Waals surface area contributed by atoms with Crippen molar-refractivity contribution in [2.75, 3.05) is 29.1 Å². The molecule has 2 aromatic carbocycles. The van der Waals surface area contributed by atoms with Gasteiger partial charge in [0.05, 0.1) is 17.0 Å². The molecule has 2 N–H and O–H groups in total. The maximum atomic E-state index is 12.8. The number of hydrogen-bond donors (Lipinski definition) is 2. The van der Waals surface area contributed by atoms with Gasteiger partial charge in [-0.25, -0.2) is 0 Å². The standard InChI is InChI=1S/C24H28N4O3S/c1-5-27(6-2)19-12-13-20(16(3)14-19)25-21(29)15-32-24-26-22(30)17(4)23(31)28(24)18-10-8-7-9-11-18/h7-14,30H,5-6,15H2,1-4H3,(H,25,29). The third-order valence-electron chi connectivity index (χ3n) is 5.21. The van der Waals surface area contributed by atoms with Gasteiger partial charge in [-0.05, 0) is 63.6 Å². The van der Waals surface area contributed by atoms with Crippen molar-refractivity contribution < 1.29 is 9.90 Å². The Kier molecular flexibility index (Phi) is 7.58. The van der Waals surface area contributed by atoms with Gasteiger partial charge in [-0.3, -0.25) is 14.2 Å². The van der Waals surface area contributed by atoms with Gasteiger partial charge in [0, 0.05) is 24.5 Å². The Labute approximate surface area is 192 Å². The maximum absolute atomic E-state index is 12.8. The number of amides is 1. The van der Waals surface area contributed by atoms with Gasteiger partial charge < -0.3 is 15.3 Å². The number of nitrogens with one attached hydrogen (secondary N) is 1. The molecule has 0 atom stereocenters. The summed E-state index contributed by atoms with van der Waals surface area (Å²) >= 11 is 1.10. The third-order valence-corrected chi connectivity index (χ3v) is 6.15. The fourth-order valence-corrected chi connectivity index (χ4v) is 4.17. The molecule has 0 unspecified atom stereocenters. The summed E-state index contributed by atoms with van der Waals surface area (Å²) < 4.78 is 1.41. The second-order valence-electron chi connectivity index (χ2n) is 7.33. The highest BCUT2D eigenvalue weighted by Gasteiger charge is 2.17. The lowest BCUT2D eigenvalue weighted by atomic mass is 10.1. The van der Waals surface area contributed by atoms with E-state index in [1.807, 2.05) is 37.3 Å². The van der Waals surface area contributed by atoms with Crippen LogP contribution in [0.15, 0.2) is 58.5 Å². The Hall–Kier alpha value is -3.26. The second-order valence-corrected chi connectivity index (χ2v) is 8.27. The molecule has 7 nitrogen and oxygen atoms in total. The number of anilines is 2. The molecule has 3 rings (SSSR count). The predicted molar refractivity (Wildman–Crippen MR) is 130 cm³/mol. The van der Waals surface area contributed by atoms with Crippen LogP contribution in [0.1, 0.15) is 25.0 Å². The fourth-order valence-electron chi connectivity index (χ4n) is 3.37. The monoisotopic (exact) mass is 452 g/mol. The minimum Gasteiger partial charge on any atom is -0.493 e. The zero-order chi connectivity index (χ0) is 23.3. The van der Waals surface area contributed by atoms with E-state index >= 15 is 0 Å². The molecule has 0 aliphatic rings. The van der Waals surface area contributed by atoms with Crippen LogP contribution in [0.2, 0.25) is 0 Å². The molecule has 3 aromatic rings. The van der Waals surface area contributed by atoms with Gasteiger partial charge in [0.25, 0.3) is 5.56 Å². The quantitative estimate of drug-likeness (QED) is 0.395. The highest BCUT2D eigenvalue weighted by molar-refractivity contribution is 7.99. The number of hydrogen-bond acceptors (Lipinski definition) is 6. The van der Waals surface area contributed by atoms with Crippen LogP contribution in [0.25, 0.3) is 5.69 Å². The normalized spacial score (nSPS) is 10.8. The number of thioether (sulfide) groups is 1. The Bertz CT molecular complexity index is 1160. The summed E-state index contributed by atoms with van der Waals surface area (Å²) in [6, 6.07) is 15.0. The van der Waals surface area contributed by atoms with Crippen molar-refractivity contribution in [2.45, 2.75) is 32.9 Å². The van der Waals surface area contributed by atoms with E-state index in [0.29, 0.717) is 5.69 Å². The van der Waals surface area contributed by atoms with Crippen molar-refractivity contribution in [1.29, 1.82) is 0 Å². The molecular weight excluding hydrogens is 424 g/mol. The summed E-state index contributed by atoms with van der Waals surface area (Å²) in [6.07, 6.45) is 0. The Balaban J connectivity index is 1.78. The van der Waals surface area contributed by atoms with E-state index in [1.165, 1.54) is 11.5 Å². The van der Waals surface area contributed by atoms with Gasteiger partial charge in [0.2, 0.25) is 11.8 Å². The van der Waals surface area contributed by atoms with Gasteiger partial charge in [0.15, 0.2) is 5.16 Å². The molecule has 0 saturated carbocycles. The smallest absolute Gasteiger partial charge is 0.265 e. The van der Waals surface area contributed by atoms with E-state index in [4.69, 9.17) is 0 Å². The molecule has 0 saturated heterocycles. The number of rotatable bonds is 8. The molecule has 0 radical (unpaired) electrons. The maximum Gasteiger partial charge on any atom is 0.265 e. The zero-order valence-electron chi connectivity index (χ0n) is 18.8. The Morgan fingerprint density at radius 1 is 1.12 bits per heavy atom. The number of nitrogens with zero attached hydrogens (tertiary/aromatic N) is 3. The molecular formula is C24H28N4O3S. The van der Waals surface area contributed by atoms with Gasteiger partial charge in [0.1, 0.15) is 0 Å². The highest BCUT2D eigenvalue weighted by Crippen LogP contribution is 2.25. The van der Waals surface area contributed by atoms with Crippen LogP contribution < -0.4 is 15.8 Å². The lowest BCUT2D eigenvalue weighted by Gasteiger charge is -2.22. The van der Waals surface area contributed by atoms with E-state index in [0.717, 1.165) is 41.8 Å². The van der Waals surface area contributed by atoms with E-state index in [1.54, 1.807) is 12.1 Å². The number of aryl methyl sites for hydroxylation is 1. The number of aromatic hydroxyl groups is 1. The zero-order valence-corrected chi connectivity index (χ0v) is 19.6. The summed E-state index contributed by atoms with van der Waals surface area (Å²) in [7, 11) is 0. The number of carbonyl (C=O) groups is 1. The number of carbonyl (C=O) groups excluding carboxylic acids is 1. The first-order chi connectivity index (χ1) is 15.3. The second kappa shape index (κ2) is 10.4. The van der Waals surface area contributed by atoms with Crippen molar-refractivity contribution in [2.24, 2.45) is 0 Å². The average molecular weight is 453 g/mol. The van der Waals surface area contributed by atoms with Crippen LogP contribution in [-0.2, 0) is 4.79 Å². The summed E-state index contributed by atoms with van der Waals surface area (Å²) in [5.74, 6) is -0.505. The van der Waals surface area contributed by atoms with Crippen LogP contribution in [0.4, 0.5) is 11.4 Å². The molecule has 0 bridgehead atoms. The van der Waals surface area contributed by atoms with E-state index < -0.39 is 0 Å². The van der Waals surface area contributed by atoms with Crippen LogP contribution in [0, 0.1) is 13.8 Å². The van der Waals surface area contributed by atoms with Gasteiger partial charge in [-0.2, -0.15) is 4.98 Å². The van der Waals surface area contributed by atoms with Crippen LogP contribution in [0.3, 0.4) is 0 Å². The van der Waals surface area contributed by atoms with Crippen molar-refractivity contribution in [3.05, 3.63) is 70.0 Å². The summed E-state index contributed by atoms with van der Waals surface area (Å²) in [4.78, 5) is 31.8. The third kappa shape index (κ3) is 5.13. The first-order valence-corrected chi connectivity index (χ1v) is 11.5.